The van der Waals surface area contributed by atoms with E-state index in [1.807, 2.05) is 6.92 Å². The second kappa shape index (κ2) is 8.67. The monoisotopic (exact) mass is 290 g/mol. The molecule has 1 aromatic rings. The number of anilines is 1. The van der Waals surface area contributed by atoms with E-state index in [9.17, 15) is 4.79 Å². The van der Waals surface area contributed by atoms with Gasteiger partial charge in [-0.15, -0.1) is 0 Å². The maximum atomic E-state index is 11.2. The molecule has 1 fully saturated rings. The number of nitrogens with zero attached hydrogens (tertiary/aromatic N) is 1. The summed E-state index contributed by atoms with van der Waals surface area (Å²) in [6.45, 7) is 5.41. The highest BCUT2D eigenvalue weighted by Gasteiger charge is 2.18. The Kier molecular flexibility index (Phi) is 6.54. The molecule has 1 aromatic carbocycles. The number of benzene rings is 1. The van der Waals surface area contributed by atoms with Crippen molar-refractivity contribution in [1.82, 2.24) is 5.32 Å². The van der Waals surface area contributed by atoms with E-state index in [0.717, 1.165) is 38.9 Å². The molecule has 0 atom stereocenters. The summed E-state index contributed by atoms with van der Waals surface area (Å²) in [6, 6.07) is 11.2. The molecule has 0 aromatic heterocycles. The summed E-state index contributed by atoms with van der Waals surface area (Å²) in [7, 11) is 0. The van der Waals surface area contributed by atoms with Gasteiger partial charge in [0.05, 0.1) is 6.61 Å². The van der Waals surface area contributed by atoms with Crippen LogP contribution in [0, 0.1) is 0 Å². The zero-order chi connectivity index (χ0) is 14.9. The summed E-state index contributed by atoms with van der Waals surface area (Å²) in [4.78, 5) is 13.7. The summed E-state index contributed by atoms with van der Waals surface area (Å²) in [5.74, 6) is -0.0850. The Labute approximate surface area is 127 Å². The van der Waals surface area contributed by atoms with Gasteiger partial charge in [0.15, 0.2) is 0 Å². The minimum Gasteiger partial charge on any atom is -0.466 e. The summed E-state index contributed by atoms with van der Waals surface area (Å²) >= 11 is 0. The third-order valence-corrected chi connectivity index (χ3v) is 3.91. The lowest BCUT2D eigenvalue weighted by Gasteiger charge is -2.34. The van der Waals surface area contributed by atoms with Crippen molar-refractivity contribution in [3.05, 3.63) is 30.3 Å². The first-order valence-electron chi connectivity index (χ1n) is 7.98. The van der Waals surface area contributed by atoms with E-state index in [1.165, 1.54) is 5.69 Å². The molecule has 21 heavy (non-hydrogen) atoms. The van der Waals surface area contributed by atoms with Crippen LogP contribution >= 0.6 is 0 Å². The molecule has 0 spiro atoms. The molecule has 1 aliphatic rings. The molecule has 0 saturated carbocycles. The van der Waals surface area contributed by atoms with Gasteiger partial charge in [-0.25, -0.2) is 0 Å². The van der Waals surface area contributed by atoms with Gasteiger partial charge in [0.1, 0.15) is 0 Å². The van der Waals surface area contributed by atoms with E-state index in [-0.39, 0.29) is 5.97 Å². The highest BCUT2D eigenvalue weighted by atomic mass is 16.5. The lowest BCUT2D eigenvalue weighted by molar-refractivity contribution is -0.143. The van der Waals surface area contributed by atoms with E-state index in [2.05, 4.69) is 40.5 Å². The first-order valence-corrected chi connectivity index (χ1v) is 7.98. The highest BCUT2D eigenvalue weighted by molar-refractivity contribution is 5.69. The van der Waals surface area contributed by atoms with Crippen molar-refractivity contribution in [2.45, 2.75) is 38.6 Å². The van der Waals surface area contributed by atoms with Crippen LogP contribution in [0.3, 0.4) is 0 Å². The van der Waals surface area contributed by atoms with E-state index in [1.54, 1.807) is 0 Å². The number of para-hydroxylation sites is 1. The average molecular weight is 290 g/mol. The third kappa shape index (κ3) is 5.38. The van der Waals surface area contributed by atoms with Crippen LogP contribution in [0.5, 0.6) is 0 Å². The van der Waals surface area contributed by atoms with Gasteiger partial charge in [0.25, 0.3) is 0 Å². The number of carbonyl (C=O) groups is 1. The maximum Gasteiger partial charge on any atom is 0.305 e. The first kappa shape index (κ1) is 15.8. The number of carbonyl (C=O) groups excluding carboxylic acids is 1. The van der Waals surface area contributed by atoms with E-state index in [0.29, 0.717) is 19.1 Å². The molecule has 1 aliphatic heterocycles. The third-order valence-electron chi connectivity index (χ3n) is 3.91. The van der Waals surface area contributed by atoms with Crippen molar-refractivity contribution in [1.29, 1.82) is 0 Å². The van der Waals surface area contributed by atoms with E-state index < -0.39 is 0 Å². The van der Waals surface area contributed by atoms with Crippen molar-refractivity contribution in [2.24, 2.45) is 0 Å². The van der Waals surface area contributed by atoms with Gasteiger partial charge in [0.2, 0.25) is 0 Å². The zero-order valence-electron chi connectivity index (χ0n) is 12.9. The normalized spacial score (nSPS) is 16.0. The Morgan fingerprint density at radius 3 is 2.67 bits per heavy atom. The molecule has 0 unspecified atom stereocenters. The second-order valence-corrected chi connectivity index (χ2v) is 5.46. The van der Waals surface area contributed by atoms with Gasteiger partial charge >= 0.3 is 5.97 Å². The summed E-state index contributed by atoms with van der Waals surface area (Å²) in [5.41, 5.74) is 1.32. The van der Waals surface area contributed by atoms with Gasteiger partial charge in [-0.2, -0.15) is 0 Å². The predicted octanol–water partition coefficient (Wildman–Crippen LogP) is 2.59. The van der Waals surface area contributed by atoms with E-state index in [4.69, 9.17) is 4.74 Å². The van der Waals surface area contributed by atoms with Crippen molar-refractivity contribution < 1.29 is 9.53 Å². The summed E-state index contributed by atoms with van der Waals surface area (Å²) in [5, 5.41) is 3.56. The van der Waals surface area contributed by atoms with Crippen molar-refractivity contribution in [3.63, 3.8) is 0 Å². The molecule has 116 valence electrons. The predicted molar refractivity (Wildman–Crippen MR) is 85.5 cm³/mol. The molecule has 0 aliphatic carbocycles. The minimum absolute atomic E-state index is 0.0850. The number of nitrogens with one attached hydrogen (secondary N) is 1. The largest absolute Gasteiger partial charge is 0.466 e. The van der Waals surface area contributed by atoms with Gasteiger partial charge in [0, 0.05) is 31.2 Å². The van der Waals surface area contributed by atoms with Crippen LogP contribution in [0.4, 0.5) is 5.69 Å². The standard InChI is InChI=1S/C17H26N2O2/c1-2-21-17(20)9-6-12-18-15-10-13-19(14-11-15)16-7-4-3-5-8-16/h3-5,7-8,15,18H,2,6,9-14H2,1H3. The molecule has 1 heterocycles. The highest BCUT2D eigenvalue weighted by Crippen LogP contribution is 2.19. The summed E-state index contributed by atoms with van der Waals surface area (Å²) in [6.07, 6.45) is 3.70. The Balaban J connectivity index is 1.60. The molecule has 4 nitrogen and oxygen atoms in total. The van der Waals surface area contributed by atoms with Crippen LogP contribution in [-0.2, 0) is 9.53 Å². The fourth-order valence-corrected chi connectivity index (χ4v) is 2.75. The Morgan fingerprint density at radius 2 is 2.00 bits per heavy atom. The number of piperidine rings is 1. The lowest BCUT2D eigenvalue weighted by atomic mass is 10.0. The second-order valence-electron chi connectivity index (χ2n) is 5.46. The lowest BCUT2D eigenvalue weighted by Crippen LogP contribution is -2.42. The van der Waals surface area contributed by atoms with Crippen LogP contribution < -0.4 is 10.2 Å². The van der Waals surface area contributed by atoms with Crippen molar-refractivity contribution in [2.75, 3.05) is 31.1 Å². The Bertz CT molecular complexity index is 414. The molecule has 0 amide bonds. The van der Waals surface area contributed by atoms with Gasteiger partial charge in [-0.3, -0.25) is 4.79 Å². The quantitative estimate of drug-likeness (QED) is 0.619. The fraction of sp³-hybridized carbons (Fsp3) is 0.588. The Hall–Kier alpha value is -1.55. The van der Waals surface area contributed by atoms with Crippen LogP contribution in [0.1, 0.15) is 32.6 Å². The molecular formula is C17H26N2O2. The molecule has 0 radical (unpaired) electrons. The molecule has 1 N–H and O–H groups in total. The van der Waals surface area contributed by atoms with Gasteiger partial charge in [-0.05, 0) is 44.9 Å². The average Bonchev–Trinajstić information content (AvgIpc) is 2.53. The Morgan fingerprint density at radius 1 is 1.29 bits per heavy atom. The minimum atomic E-state index is -0.0850. The van der Waals surface area contributed by atoms with Gasteiger partial charge in [-0.1, -0.05) is 18.2 Å². The van der Waals surface area contributed by atoms with Crippen LogP contribution in [0.25, 0.3) is 0 Å². The van der Waals surface area contributed by atoms with Crippen LogP contribution in [0.2, 0.25) is 0 Å². The number of esters is 1. The fourth-order valence-electron chi connectivity index (χ4n) is 2.75. The molecule has 0 bridgehead atoms. The SMILES string of the molecule is CCOC(=O)CCCNC1CCN(c2ccccc2)CC1. The topological polar surface area (TPSA) is 41.6 Å². The number of ether oxygens (including phenoxy) is 1. The number of rotatable bonds is 7. The first-order chi connectivity index (χ1) is 10.3. The van der Waals surface area contributed by atoms with Crippen LogP contribution in [0.15, 0.2) is 30.3 Å². The number of hydrogen-bond acceptors (Lipinski definition) is 4. The van der Waals surface area contributed by atoms with Gasteiger partial charge < -0.3 is 15.0 Å². The molecule has 2 rings (SSSR count). The molecular weight excluding hydrogens is 264 g/mol. The smallest absolute Gasteiger partial charge is 0.305 e. The molecule has 4 heteroatoms. The maximum absolute atomic E-state index is 11.2. The molecule has 1 saturated heterocycles. The zero-order valence-corrected chi connectivity index (χ0v) is 12.9. The van der Waals surface area contributed by atoms with E-state index >= 15 is 0 Å². The van der Waals surface area contributed by atoms with Crippen LogP contribution in [-0.4, -0.2) is 38.3 Å². The summed E-state index contributed by atoms with van der Waals surface area (Å²) < 4.78 is 4.92. The van der Waals surface area contributed by atoms with Crippen molar-refractivity contribution in [3.8, 4) is 0 Å². The van der Waals surface area contributed by atoms with Crippen molar-refractivity contribution >= 4 is 11.7 Å². The number of hydrogen-bond donors (Lipinski definition) is 1.